The molecule has 1 rings (SSSR count). The van der Waals surface area contributed by atoms with Crippen molar-refractivity contribution in [3.63, 3.8) is 0 Å². The van der Waals surface area contributed by atoms with Gasteiger partial charge in [-0.25, -0.2) is 0 Å². The summed E-state index contributed by atoms with van der Waals surface area (Å²) < 4.78 is 1.79. The Kier molecular flexibility index (Phi) is 4.22. The first-order chi connectivity index (χ1) is 7.96. The molecule has 1 heterocycles. The van der Waals surface area contributed by atoms with Gasteiger partial charge in [0.15, 0.2) is 0 Å². The van der Waals surface area contributed by atoms with Crippen LogP contribution in [-0.4, -0.2) is 31.4 Å². The van der Waals surface area contributed by atoms with Crippen molar-refractivity contribution >= 4 is 5.97 Å². The van der Waals surface area contributed by atoms with Gasteiger partial charge in [-0.2, -0.15) is 0 Å². The first-order valence-electron chi connectivity index (χ1n) is 5.81. The molecule has 0 fully saturated rings. The molecule has 1 unspecified atom stereocenters. The van der Waals surface area contributed by atoms with Crippen molar-refractivity contribution in [2.24, 2.45) is 7.05 Å². The first-order valence-corrected chi connectivity index (χ1v) is 5.81. The summed E-state index contributed by atoms with van der Waals surface area (Å²) in [6.45, 7) is 5.63. The zero-order chi connectivity index (χ0) is 13.1. The highest BCUT2D eigenvalue weighted by Crippen LogP contribution is 2.21. The van der Waals surface area contributed by atoms with Crippen LogP contribution in [-0.2, 0) is 11.8 Å². The summed E-state index contributed by atoms with van der Waals surface area (Å²) in [4.78, 5) is 11.4. The second kappa shape index (κ2) is 5.27. The first kappa shape index (κ1) is 13.6. The molecule has 1 atom stereocenters. The lowest BCUT2D eigenvalue weighted by Gasteiger charge is -2.31. The fourth-order valence-corrected chi connectivity index (χ4v) is 1.98. The van der Waals surface area contributed by atoms with E-state index in [2.05, 4.69) is 15.5 Å². The summed E-state index contributed by atoms with van der Waals surface area (Å²) in [5.74, 6) is -0.0888. The smallest absolute Gasteiger partial charge is 0.323 e. The maximum Gasteiger partial charge on any atom is 0.323 e. The SMILES string of the molecule is CCC(CC)(NC(C)c1nncn1C)C(=O)O. The molecule has 0 saturated heterocycles. The molecule has 1 aromatic rings. The summed E-state index contributed by atoms with van der Waals surface area (Å²) in [5.41, 5.74) is -0.897. The van der Waals surface area contributed by atoms with Crippen LogP contribution in [0.2, 0.25) is 0 Å². The Bertz CT molecular complexity index is 385. The zero-order valence-corrected chi connectivity index (χ0v) is 10.8. The topological polar surface area (TPSA) is 80.0 Å². The van der Waals surface area contributed by atoms with Crippen molar-refractivity contribution in [2.75, 3.05) is 0 Å². The Labute approximate surface area is 101 Å². The fraction of sp³-hybridized carbons (Fsp3) is 0.727. The normalized spacial score (nSPS) is 13.6. The van der Waals surface area contributed by atoms with Crippen molar-refractivity contribution in [3.8, 4) is 0 Å². The Morgan fingerprint density at radius 3 is 2.53 bits per heavy atom. The van der Waals surface area contributed by atoms with Crippen molar-refractivity contribution in [2.45, 2.75) is 45.2 Å². The van der Waals surface area contributed by atoms with Gasteiger partial charge in [-0.1, -0.05) is 13.8 Å². The maximum absolute atomic E-state index is 11.4. The molecule has 0 aromatic carbocycles. The van der Waals surface area contributed by atoms with E-state index in [1.54, 1.807) is 10.9 Å². The van der Waals surface area contributed by atoms with Crippen LogP contribution in [0.1, 0.15) is 45.5 Å². The maximum atomic E-state index is 11.4. The standard InChI is InChI=1S/C11H20N4O2/c1-5-11(6-2,10(16)17)13-8(3)9-14-12-7-15(9)4/h7-8,13H,5-6H2,1-4H3,(H,16,17). The molecule has 0 spiro atoms. The molecule has 6 heteroatoms. The van der Waals surface area contributed by atoms with Gasteiger partial charge in [0.05, 0.1) is 6.04 Å². The van der Waals surface area contributed by atoms with E-state index >= 15 is 0 Å². The van der Waals surface area contributed by atoms with Crippen LogP contribution < -0.4 is 5.32 Å². The van der Waals surface area contributed by atoms with Gasteiger partial charge in [-0.15, -0.1) is 10.2 Å². The molecular formula is C11H20N4O2. The van der Waals surface area contributed by atoms with Gasteiger partial charge < -0.3 is 9.67 Å². The lowest BCUT2D eigenvalue weighted by Crippen LogP contribution is -2.52. The van der Waals surface area contributed by atoms with Crippen LogP contribution in [0.5, 0.6) is 0 Å². The number of hydrogen-bond donors (Lipinski definition) is 2. The molecule has 0 saturated carbocycles. The molecule has 6 nitrogen and oxygen atoms in total. The largest absolute Gasteiger partial charge is 0.480 e. The number of nitrogens with one attached hydrogen (secondary N) is 1. The number of carboxylic acid groups (broad SMARTS) is 1. The van der Waals surface area contributed by atoms with Gasteiger partial charge >= 0.3 is 5.97 Å². The van der Waals surface area contributed by atoms with Gasteiger partial charge in [-0.05, 0) is 19.8 Å². The second-order valence-corrected chi connectivity index (χ2v) is 4.26. The molecule has 0 aliphatic carbocycles. The van der Waals surface area contributed by atoms with Crippen LogP contribution in [0.15, 0.2) is 6.33 Å². The summed E-state index contributed by atoms with van der Waals surface area (Å²) in [5, 5.41) is 20.3. The summed E-state index contributed by atoms with van der Waals surface area (Å²) >= 11 is 0. The monoisotopic (exact) mass is 240 g/mol. The van der Waals surface area contributed by atoms with E-state index in [0.29, 0.717) is 12.8 Å². The van der Waals surface area contributed by atoms with E-state index in [-0.39, 0.29) is 6.04 Å². The molecule has 0 aliphatic heterocycles. The van der Waals surface area contributed by atoms with Crippen LogP contribution in [0.3, 0.4) is 0 Å². The molecule has 0 aliphatic rings. The molecule has 1 aromatic heterocycles. The number of carboxylic acids is 1. The minimum absolute atomic E-state index is 0.154. The van der Waals surface area contributed by atoms with E-state index in [1.807, 2.05) is 27.8 Å². The van der Waals surface area contributed by atoms with E-state index in [4.69, 9.17) is 0 Å². The number of nitrogens with zero attached hydrogens (tertiary/aromatic N) is 3. The molecular weight excluding hydrogens is 220 g/mol. The van der Waals surface area contributed by atoms with Crippen LogP contribution in [0, 0.1) is 0 Å². The van der Waals surface area contributed by atoms with Gasteiger partial charge in [0, 0.05) is 7.05 Å². The summed E-state index contributed by atoms with van der Waals surface area (Å²) in [6.07, 6.45) is 2.66. The van der Waals surface area contributed by atoms with Crippen molar-refractivity contribution in [1.29, 1.82) is 0 Å². The lowest BCUT2D eigenvalue weighted by molar-refractivity contribution is -0.145. The predicted molar refractivity (Wildman–Crippen MR) is 63.5 cm³/mol. The van der Waals surface area contributed by atoms with E-state index < -0.39 is 11.5 Å². The Hall–Kier alpha value is -1.43. The highest BCUT2D eigenvalue weighted by atomic mass is 16.4. The molecule has 17 heavy (non-hydrogen) atoms. The fourth-order valence-electron chi connectivity index (χ4n) is 1.98. The number of hydrogen-bond acceptors (Lipinski definition) is 4. The van der Waals surface area contributed by atoms with E-state index in [1.165, 1.54) is 0 Å². The zero-order valence-electron chi connectivity index (χ0n) is 10.8. The molecule has 0 radical (unpaired) electrons. The van der Waals surface area contributed by atoms with Crippen LogP contribution >= 0.6 is 0 Å². The van der Waals surface area contributed by atoms with Gasteiger partial charge in [0.1, 0.15) is 17.7 Å². The summed E-state index contributed by atoms with van der Waals surface area (Å²) in [6, 6.07) is -0.154. The summed E-state index contributed by atoms with van der Waals surface area (Å²) in [7, 11) is 1.84. The Morgan fingerprint density at radius 2 is 2.18 bits per heavy atom. The molecule has 96 valence electrons. The molecule has 0 bridgehead atoms. The van der Waals surface area contributed by atoms with Gasteiger partial charge in [-0.3, -0.25) is 10.1 Å². The number of aromatic nitrogens is 3. The molecule has 0 amide bonds. The highest BCUT2D eigenvalue weighted by Gasteiger charge is 2.36. The van der Waals surface area contributed by atoms with Gasteiger partial charge in [0.25, 0.3) is 0 Å². The quantitative estimate of drug-likeness (QED) is 0.778. The van der Waals surface area contributed by atoms with Crippen LogP contribution in [0.25, 0.3) is 0 Å². The second-order valence-electron chi connectivity index (χ2n) is 4.26. The Balaban J connectivity index is 2.89. The Morgan fingerprint density at radius 1 is 1.59 bits per heavy atom. The lowest BCUT2D eigenvalue weighted by atomic mass is 9.92. The highest BCUT2D eigenvalue weighted by molar-refractivity contribution is 5.78. The minimum atomic E-state index is -0.897. The third kappa shape index (κ3) is 2.63. The van der Waals surface area contributed by atoms with E-state index in [0.717, 1.165) is 5.82 Å². The van der Waals surface area contributed by atoms with Gasteiger partial charge in [0.2, 0.25) is 0 Å². The molecule has 2 N–H and O–H groups in total. The van der Waals surface area contributed by atoms with Crippen molar-refractivity contribution in [1.82, 2.24) is 20.1 Å². The van der Waals surface area contributed by atoms with Crippen molar-refractivity contribution < 1.29 is 9.90 Å². The van der Waals surface area contributed by atoms with Crippen LogP contribution in [0.4, 0.5) is 0 Å². The number of carbonyl (C=O) groups is 1. The number of rotatable bonds is 6. The third-order valence-electron chi connectivity index (χ3n) is 3.24. The number of aliphatic carboxylic acids is 1. The minimum Gasteiger partial charge on any atom is -0.480 e. The van der Waals surface area contributed by atoms with Crippen molar-refractivity contribution in [3.05, 3.63) is 12.2 Å². The average Bonchev–Trinajstić information content (AvgIpc) is 2.72. The predicted octanol–water partition coefficient (Wildman–Crippen LogP) is 1.11. The number of aryl methyl sites for hydroxylation is 1. The van der Waals surface area contributed by atoms with E-state index in [9.17, 15) is 9.90 Å². The third-order valence-corrected chi connectivity index (χ3v) is 3.24. The average molecular weight is 240 g/mol.